The average molecular weight is 439 g/mol. The van der Waals surface area contributed by atoms with Crippen LogP contribution in [0.3, 0.4) is 0 Å². The first-order valence-corrected chi connectivity index (χ1v) is 11.2. The van der Waals surface area contributed by atoms with Crippen LogP contribution in [0.25, 0.3) is 11.0 Å². The summed E-state index contributed by atoms with van der Waals surface area (Å²) in [5.41, 5.74) is 4.30. The van der Waals surface area contributed by atoms with Gasteiger partial charge in [0.05, 0.1) is 11.0 Å². The number of benzene rings is 3. The van der Waals surface area contributed by atoms with Crippen molar-refractivity contribution >= 4 is 22.8 Å². The summed E-state index contributed by atoms with van der Waals surface area (Å²) in [6, 6.07) is 24.1. The monoisotopic (exact) mass is 438 g/mol. The van der Waals surface area contributed by atoms with Crippen molar-refractivity contribution in [2.45, 2.75) is 32.5 Å². The SMILES string of the molecule is CC(C)C(C(=O)NC(c1ccccc1)c1nc2ccccc2[nH]1)N1Cc2ccccc2C1=O. The van der Waals surface area contributed by atoms with E-state index in [-0.39, 0.29) is 17.7 Å². The predicted molar refractivity (Wildman–Crippen MR) is 127 cm³/mol. The molecule has 2 heterocycles. The van der Waals surface area contributed by atoms with E-state index in [1.54, 1.807) is 4.90 Å². The number of nitrogens with zero attached hydrogens (tertiary/aromatic N) is 2. The Labute approximate surface area is 192 Å². The summed E-state index contributed by atoms with van der Waals surface area (Å²) in [5.74, 6) is 0.310. The molecule has 166 valence electrons. The van der Waals surface area contributed by atoms with Gasteiger partial charge in [0.2, 0.25) is 5.91 Å². The van der Waals surface area contributed by atoms with E-state index in [2.05, 4.69) is 10.3 Å². The van der Waals surface area contributed by atoms with Crippen molar-refractivity contribution in [1.82, 2.24) is 20.2 Å². The second kappa shape index (κ2) is 8.54. The topological polar surface area (TPSA) is 78.1 Å². The van der Waals surface area contributed by atoms with Crippen molar-refractivity contribution in [2.75, 3.05) is 0 Å². The minimum atomic E-state index is -0.597. The Morgan fingerprint density at radius 1 is 0.970 bits per heavy atom. The van der Waals surface area contributed by atoms with Gasteiger partial charge in [-0.05, 0) is 35.2 Å². The van der Waals surface area contributed by atoms with Gasteiger partial charge in [-0.3, -0.25) is 9.59 Å². The second-order valence-electron chi connectivity index (χ2n) is 8.77. The number of imidazole rings is 1. The molecular weight excluding hydrogens is 412 g/mol. The third-order valence-electron chi connectivity index (χ3n) is 6.19. The van der Waals surface area contributed by atoms with Gasteiger partial charge in [-0.1, -0.05) is 74.5 Å². The number of aromatic amines is 1. The van der Waals surface area contributed by atoms with E-state index in [4.69, 9.17) is 4.98 Å². The fourth-order valence-electron chi connectivity index (χ4n) is 4.60. The molecule has 4 aromatic rings. The first kappa shape index (κ1) is 20.9. The third-order valence-corrected chi connectivity index (χ3v) is 6.19. The number of carbonyl (C=O) groups is 2. The molecule has 1 aliphatic rings. The largest absolute Gasteiger partial charge is 0.340 e. The molecule has 2 unspecified atom stereocenters. The molecule has 2 N–H and O–H groups in total. The first-order chi connectivity index (χ1) is 16.0. The maximum absolute atomic E-state index is 13.7. The summed E-state index contributed by atoms with van der Waals surface area (Å²) in [7, 11) is 0. The molecule has 0 saturated heterocycles. The number of para-hydroxylation sites is 2. The predicted octanol–water partition coefficient (Wildman–Crippen LogP) is 4.45. The number of aromatic nitrogens is 2. The molecule has 3 aromatic carbocycles. The molecule has 6 heteroatoms. The molecule has 0 saturated carbocycles. The Kier molecular flexibility index (Phi) is 5.42. The molecule has 5 rings (SSSR count). The van der Waals surface area contributed by atoms with E-state index in [9.17, 15) is 9.59 Å². The molecule has 6 nitrogen and oxygen atoms in total. The molecule has 0 bridgehead atoms. The van der Waals surface area contributed by atoms with Gasteiger partial charge in [0.25, 0.3) is 5.91 Å². The van der Waals surface area contributed by atoms with Gasteiger partial charge in [-0.15, -0.1) is 0 Å². The van der Waals surface area contributed by atoms with Crippen molar-refractivity contribution in [1.29, 1.82) is 0 Å². The molecule has 0 aliphatic carbocycles. The minimum Gasteiger partial charge on any atom is -0.340 e. The van der Waals surface area contributed by atoms with Crippen molar-refractivity contribution in [3.63, 3.8) is 0 Å². The Morgan fingerprint density at radius 2 is 1.67 bits per heavy atom. The van der Waals surface area contributed by atoms with Crippen LogP contribution in [0.4, 0.5) is 0 Å². The molecule has 0 radical (unpaired) electrons. The Balaban J connectivity index is 1.48. The number of fused-ring (bicyclic) bond motifs is 2. The molecule has 1 aromatic heterocycles. The molecule has 1 aliphatic heterocycles. The first-order valence-electron chi connectivity index (χ1n) is 11.2. The van der Waals surface area contributed by atoms with Crippen molar-refractivity contribution < 1.29 is 9.59 Å². The van der Waals surface area contributed by atoms with Gasteiger partial charge >= 0.3 is 0 Å². The fourth-order valence-corrected chi connectivity index (χ4v) is 4.60. The van der Waals surface area contributed by atoms with Crippen molar-refractivity contribution in [3.8, 4) is 0 Å². The van der Waals surface area contributed by atoms with Crippen molar-refractivity contribution in [3.05, 3.63) is 101 Å². The maximum atomic E-state index is 13.7. The van der Waals surface area contributed by atoms with Crippen LogP contribution >= 0.6 is 0 Å². The van der Waals surface area contributed by atoms with Crippen LogP contribution < -0.4 is 5.32 Å². The lowest BCUT2D eigenvalue weighted by Crippen LogP contribution is -2.51. The van der Waals surface area contributed by atoms with E-state index in [0.717, 1.165) is 22.2 Å². The van der Waals surface area contributed by atoms with Crippen molar-refractivity contribution in [2.24, 2.45) is 5.92 Å². The number of hydrogen-bond acceptors (Lipinski definition) is 3. The number of nitrogens with one attached hydrogen (secondary N) is 2. The molecule has 0 spiro atoms. The van der Waals surface area contributed by atoms with E-state index in [0.29, 0.717) is 17.9 Å². The number of amides is 2. The quantitative estimate of drug-likeness (QED) is 0.467. The average Bonchev–Trinajstić information content (AvgIpc) is 3.39. The molecule has 0 fully saturated rings. The van der Waals surface area contributed by atoms with Crippen LogP contribution in [-0.4, -0.2) is 32.7 Å². The lowest BCUT2D eigenvalue weighted by molar-refractivity contribution is -0.127. The summed E-state index contributed by atoms with van der Waals surface area (Å²) in [4.78, 5) is 36.6. The Hall–Kier alpha value is -3.93. The van der Waals surface area contributed by atoms with Gasteiger partial charge in [0.1, 0.15) is 17.9 Å². The lowest BCUT2D eigenvalue weighted by Gasteiger charge is -2.31. The van der Waals surface area contributed by atoms with Gasteiger partial charge < -0.3 is 15.2 Å². The van der Waals surface area contributed by atoms with E-state index >= 15 is 0 Å². The highest BCUT2D eigenvalue weighted by atomic mass is 16.2. The second-order valence-corrected chi connectivity index (χ2v) is 8.77. The van der Waals surface area contributed by atoms with Crippen LogP contribution in [0.2, 0.25) is 0 Å². The highest BCUT2D eigenvalue weighted by molar-refractivity contribution is 6.01. The summed E-state index contributed by atoms with van der Waals surface area (Å²) in [6.07, 6.45) is 0. The van der Waals surface area contributed by atoms with Crippen LogP contribution in [0.15, 0.2) is 78.9 Å². The van der Waals surface area contributed by atoms with E-state index in [1.165, 1.54) is 0 Å². The lowest BCUT2D eigenvalue weighted by atomic mass is 9.99. The normalized spacial score (nSPS) is 15.0. The minimum absolute atomic E-state index is 0.0599. The molecule has 2 atom stereocenters. The van der Waals surface area contributed by atoms with Crippen LogP contribution in [-0.2, 0) is 11.3 Å². The van der Waals surface area contributed by atoms with E-state index in [1.807, 2.05) is 92.7 Å². The zero-order chi connectivity index (χ0) is 22.9. The van der Waals surface area contributed by atoms with Gasteiger partial charge in [-0.2, -0.15) is 0 Å². The Bertz CT molecular complexity index is 1280. The number of rotatable bonds is 6. The highest BCUT2D eigenvalue weighted by Crippen LogP contribution is 2.29. The summed E-state index contributed by atoms with van der Waals surface area (Å²) in [6.45, 7) is 4.38. The molecule has 2 amide bonds. The zero-order valence-corrected chi connectivity index (χ0v) is 18.7. The van der Waals surface area contributed by atoms with E-state index < -0.39 is 12.1 Å². The summed E-state index contributed by atoms with van der Waals surface area (Å²) in [5, 5.41) is 3.19. The van der Waals surface area contributed by atoms with Crippen LogP contribution in [0.5, 0.6) is 0 Å². The third kappa shape index (κ3) is 3.89. The summed E-state index contributed by atoms with van der Waals surface area (Å²) < 4.78 is 0. The number of hydrogen-bond donors (Lipinski definition) is 2. The fraction of sp³-hybridized carbons (Fsp3) is 0.222. The molecular formula is C27H26N4O2. The highest BCUT2D eigenvalue weighted by Gasteiger charge is 2.39. The standard InChI is InChI=1S/C27H26N4O2/c1-17(2)24(31-16-19-12-6-7-13-20(19)27(31)33)26(32)30-23(18-10-4-3-5-11-18)25-28-21-14-8-9-15-22(21)29-25/h3-15,17,23-24H,16H2,1-2H3,(H,28,29)(H,30,32). The number of carbonyl (C=O) groups excluding carboxylic acids is 2. The van der Waals surface area contributed by atoms with Gasteiger partial charge in [-0.25, -0.2) is 4.98 Å². The maximum Gasteiger partial charge on any atom is 0.255 e. The number of H-pyrrole nitrogens is 1. The molecule has 33 heavy (non-hydrogen) atoms. The summed E-state index contributed by atoms with van der Waals surface area (Å²) >= 11 is 0. The smallest absolute Gasteiger partial charge is 0.255 e. The van der Waals surface area contributed by atoms with Gasteiger partial charge in [0, 0.05) is 12.1 Å². The van der Waals surface area contributed by atoms with Gasteiger partial charge in [0.15, 0.2) is 0 Å². The zero-order valence-electron chi connectivity index (χ0n) is 18.7. The van der Waals surface area contributed by atoms with Crippen LogP contribution in [0.1, 0.15) is 47.2 Å². The van der Waals surface area contributed by atoms with Crippen LogP contribution in [0, 0.1) is 5.92 Å². The Morgan fingerprint density at radius 3 is 2.39 bits per heavy atom.